The third-order valence-electron chi connectivity index (χ3n) is 6.69. The normalized spacial score (nSPS) is 18.9. The molecule has 7 nitrogen and oxygen atoms in total. The lowest BCUT2D eigenvalue weighted by atomic mass is 9.95. The summed E-state index contributed by atoms with van der Waals surface area (Å²) in [5.41, 5.74) is 2.81. The van der Waals surface area contributed by atoms with Crippen molar-refractivity contribution in [3.63, 3.8) is 0 Å². The molecule has 1 fully saturated rings. The summed E-state index contributed by atoms with van der Waals surface area (Å²) in [6.07, 6.45) is 5.21. The number of hydrogen-bond acceptors (Lipinski definition) is 4. The number of hydrogen-bond donors (Lipinski definition) is 1. The lowest BCUT2D eigenvalue weighted by molar-refractivity contribution is 0.0912. The van der Waals surface area contributed by atoms with Gasteiger partial charge >= 0.3 is 12.1 Å². The molecule has 0 radical (unpaired) electrons. The van der Waals surface area contributed by atoms with Gasteiger partial charge in [-0.1, -0.05) is 41.7 Å². The summed E-state index contributed by atoms with van der Waals surface area (Å²) in [5.74, 6) is 7.28. The third-order valence-corrected chi connectivity index (χ3v) is 6.69. The van der Waals surface area contributed by atoms with Crippen LogP contribution in [0.2, 0.25) is 0 Å². The Morgan fingerprint density at radius 3 is 2.56 bits per heavy atom. The van der Waals surface area contributed by atoms with Gasteiger partial charge < -0.3 is 19.7 Å². The Morgan fingerprint density at radius 1 is 1.14 bits per heavy atom. The van der Waals surface area contributed by atoms with Crippen molar-refractivity contribution in [2.75, 3.05) is 26.1 Å². The Kier molecular flexibility index (Phi) is 8.17. The number of rotatable bonds is 6. The molecule has 0 aromatic heterocycles. The molecule has 3 amide bonds. The summed E-state index contributed by atoms with van der Waals surface area (Å²) in [7, 11) is 3.38. The van der Waals surface area contributed by atoms with Crippen molar-refractivity contribution < 1.29 is 19.1 Å². The molecule has 7 heteroatoms. The van der Waals surface area contributed by atoms with Crippen LogP contribution in [0.4, 0.5) is 15.3 Å². The van der Waals surface area contributed by atoms with E-state index in [-0.39, 0.29) is 30.2 Å². The molecule has 1 unspecified atom stereocenters. The van der Waals surface area contributed by atoms with Crippen molar-refractivity contribution in [1.82, 2.24) is 9.80 Å². The molecule has 1 N–H and O–H groups in total. The molecule has 2 aliphatic rings. The summed E-state index contributed by atoms with van der Waals surface area (Å²) in [6.45, 7) is 2.20. The molecule has 36 heavy (non-hydrogen) atoms. The molecule has 1 saturated heterocycles. The van der Waals surface area contributed by atoms with Crippen molar-refractivity contribution in [1.29, 1.82) is 0 Å². The van der Waals surface area contributed by atoms with E-state index in [9.17, 15) is 9.59 Å². The van der Waals surface area contributed by atoms with E-state index >= 15 is 0 Å². The highest BCUT2D eigenvalue weighted by Crippen LogP contribution is 2.37. The van der Waals surface area contributed by atoms with Gasteiger partial charge in [0.05, 0.1) is 25.8 Å². The average Bonchev–Trinajstić information content (AvgIpc) is 3.17. The summed E-state index contributed by atoms with van der Waals surface area (Å²) in [6, 6.07) is 16.6. The van der Waals surface area contributed by atoms with Crippen molar-refractivity contribution in [3.8, 4) is 17.6 Å². The zero-order valence-electron chi connectivity index (χ0n) is 21.1. The Bertz CT molecular complexity index is 1150. The maximum atomic E-state index is 13.1. The van der Waals surface area contributed by atoms with Gasteiger partial charge in [-0.15, -0.1) is 0 Å². The second-order valence-corrected chi connectivity index (χ2v) is 9.06. The van der Waals surface area contributed by atoms with E-state index in [1.165, 1.54) is 5.57 Å². The fourth-order valence-electron chi connectivity index (χ4n) is 4.80. The molecule has 2 bridgehead atoms. The Hall–Kier alpha value is -3.92. The SMILES string of the molecule is CCOC(=O)N1[C@H]2CC[C@@H]1C=C(CC(C#Cc1ccccc1)N(C)C(=O)Nc1ccc(OC)cc1)C2. The van der Waals surface area contributed by atoms with Crippen LogP contribution in [0.5, 0.6) is 5.75 Å². The number of carbonyl (C=O) groups is 2. The van der Waals surface area contributed by atoms with Crippen LogP contribution in [0.15, 0.2) is 66.2 Å². The molecule has 0 saturated carbocycles. The quantitative estimate of drug-likeness (QED) is 0.444. The maximum absolute atomic E-state index is 13.1. The van der Waals surface area contributed by atoms with Crippen LogP contribution >= 0.6 is 0 Å². The van der Waals surface area contributed by atoms with Crippen LogP contribution in [-0.2, 0) is 4.74 Å². The minimum absolute atomic E-state index is 0.0407. The first kappa shape index (κ1) is 25.2. The topological polar surface area (TPSA) is 71.1 Å². The highest BCUT2D eigenvalue weighted by Gasteiger charge is 2.40. The zero-order chi connectivity index (χ0) is 25.5. The fraction of sp³-hybridized carbons (Fsp3) is 0.379. The first-order valence-corrected chi connectivity index (χ1v) is 12.4. The van der Waals surface area contributed by atoms with Crippen molar-refractivity contribution in [2.24, 2.45) is 0 Å². The number of nitrogens with zero attached hydrogens (tertiary/aromatic N) is 2. The second-order valence-electron chi connectivity index (χ2n) is 9.06. The Balaban J connectivity index is 1.52. The molecule has 3 atom stereocenters. The predicted molar refractivity (Wildman–Crippen MR) is 140 cm³/mol. The molecule has 2 aromatic rings. The van der Waals surface area contributed by atoms with E-state index in [0.29, 0.717) is 18.7 Å². The Morgan fingerprint density at radius 2 is 1.89 bits per heavy atom. The monoisotopic (exact) mass is 487 g/mol. The van der Waals surface area contributed by atoms with Gasteiger partial charge in [0.15, 0.2) is 0 Å². The number of anilines is 1. The summed E-state index contributed by atoms with van der Waals surface area (Å²) in [5, 5.41) is 2.95. The van der Waals surface area contributed by atoms with Crippen LogP contribution in [0.3, 0.4) is 0 Å². The van der Waals surface area contributed by atoms with Crippen LogP contribution in [0, 0.1) is 11.8 Å². The minimum atomic E-state index is -0.330. The van der Waals surface area contributed by atoms with E-state index in [1.807, 2.05) is 42.2 Å². The molecule has 2 aromatic carbocycles. The molecule has 0 spiro atoms. The first-order chi connectivity index (χ1) is 17.5. The number of methoxy groups -OCH3 is 1. The number of urea groups is 1. The van der Waals surface area contributed by atoms with Crippen LogP contribution in [0.1, 0.15) is 38.2 Å². The predicted octanol–water partition coefficient (Wildman–Crippen LogP) is 5.29. The van der Waals surface area contributed by atoms with Gasteiger partial charge in [0.25, 0.3) is 0 Å². The van der Waals surface area contributed by atoms with Gasteiger partial charge in [-0.2, -0.15) is 0 Å². The minimum Gasteiger partial charge on any atom is -0.497 e. The number of carbonyl (C=O) groups excluding carboxylic acids is 2. The third kappa shape index (κ3) is 6.01. The lowest BCUT2D eigenvalue weighted by Gasteiger charge is -2.34. The highest BCUT2D eigenvalue weighted by molar-refractivity contribution is 5.89. The molecule has 2 aliphatic heterocycles. The van der Waals surface area contributed by atoms with E-state index in [2.05, 4.69) is 23.2 Å². The van der Waals surface area contributed by atoms with Gasteiger partial charge in [-0.25, -0.2) is 9.59 Å². The van der Waals surface area contributed by atoms with Gasteiger partial charge in [0.2, 0.25) is 0 Å². The molecule has 2 heterocycles. The largest absolute Gasteiger partial charge is 0.497 e. The van der Waals surface area contributed by atoms with Crippen molar-refractivity contribution in [2.45, 2.75) is 50.7 Å². The van der Waals surface area contributed by atoms with Crippen LogP contribution in [0.25, 0.3) is 0 Å². The number of ether oxygens (including phenoxy) is 2. The summed E-state index contributed by atoms with van der Waals surface area (Å²) >= 11 is 0. The van der Waals surface area contributed by atoms with Crippen molar-refractivity contribution >= 4 is 17.8 Å². The Labute approximate surface area is 213 Å². The molecular formula is C29H33N3O4. The average molecular weight is 488 g/mol. The smallest absolute Gasteiger partial charge is 0.410 e. The first-order valence-electron chi connectivity index (χ1n) is 12.4. The summed E-state index contributed by atoms with van der Waals surface area (Å²) in [4.78, 5) is 29.1. The van der Waals surface area contributed by atoms with Gasteiger partial charge in [0, 0.05) is 30.8 Å². The van der Waals surface area contributed by atoms with Gasteiger partial charge in [0.1, 0.15) is 5.75 Å². The van der Waals surface area contributed by atoms with Crippen LogP contribution < -0.4 is 10.1 Å². The van der Waals surface area contributed by atoms with E-state index in [1.54, 1.807) is 43.3 Å². The summed E-state index contributed by atoms with van der Waals surface area (Å²) < 4.78 is 10.5. The number of benzene rings is 2. The van der Waals surface area contributed by atoms with E-state index in [0.717, 1.165) is 30.6 Å². The molecule has 188 valence electrons. The zero-order valence-corrected chi connectivity index (χ0v) is 21.1. The van der Waals surface area contributed by atoms with E-state index in [4.69, 9.17) is 9.47 Å². The number of fused-ring (bicyclic) bond motifs is 2. The van der Waals surface area contributed by atoms with Gasteiger partial charge in [-0.3, -0.25) is 4.90 Å². The molecule has 0 aliphatic carbocycles. The second kappa shape index (κ2) is 11.7. The van der Waals surface area contributed by atoms with Gasteiger partial charge in [-0.05, 0) is 62.6 Å². The van der Waals surface area contributed by atoms with E-state index < -0.39 is 0 Å². The van der Waals surface area contributed by atoms with Crippen molar-refractivity contribution in [3.05, 3.63) is 71.8 Å². The molecular weight excluding hydrogens is 454 g/mol. The number of amides is 3. The van der Waals surface area contributed by atoms with Crippen LogP contribution in [-0.4, -0.2) is 60.8 Å². The highest BCUT2D eigenvalue weighted by atomic mass is 16.6. The maximum Gasteiger partial charge on any atom is 0.410 e. The lowest BCUT2D eigenvalue weighted by Crippen LogP contribution is -2.44. The standard InChI is InChI=1S/C29H33N3O4/c1-4-36-29(34)32-25-14-15-26(32)20-22(19-25)18-24(13-10-21-8-6-5-7-9-21)31(2)28(33)30-23-11-16-27(35-3)17-12-23/h5-9,11-12,16-17,19,24-26H,4,14-15,18,20H2,1-3H3,(H,30,33)/t24?,25-,26+/m1/s1. The number of nitrogens with one attached hydrogen (secondary N) is 1. The molecule has 4 rings (SSSR count). The fourth-order valence-corrected chi connectivity index (χ4v) is 4.80.